The zero-order valence-corrected chi connectivity index (χ0v) is 6.81. The van der Waals surface area contributed by atoms with Gasteiger partial charge >= 0.3 is 0 Å². The van der Waals surface area contributed by atoms with Crippen LogP contribution >= 0.6 is 0 Å². The molecule has 0 spiro atoms. The molecule has 0 aromatic rings. The molecule has 0 aromatic carbocycles. The van der Waals surface area contributed by atoms with E-state index in [0.29, 0.717) is 11.3 Å². The molecule has 0 bridgehead atoms. The van der Waals surface area contributed by atoms with E-state index >= 15 is 0 Å². The topological polar surface area (TPSA) is 47.3 Å². The molecule has 3 N–H and O–H groups in total. The quantitative estimate of drug-likeness (QED) is 0.541. The lowest BCUT2D eigenvalue weighted by Gasteiger charge is -2.37. The Morgan fingerprint density at radius 1 is 1.64 bits per heavy atom. The van der Waals surface area contributed by atoms with Gasteiger partial charge in [0.2, 0.25) is 0 Å². The molecule has 2 saturated heterocycles. The molecule has 0 saturated carbocycles. The van der Waals surface area contributed by atoms with Crippen molar-refractivity contribution in [1.29, 1.82) is 0 Å². The van der Waals surface area contributed by atoms with Gasteiger partial charge in [-0.05, 0) is 13.0 Å². The van der Waals surface area contributed by atoms with Crippen molar-refractivity contribution >= 4 is 0 Å². The molecule has 3 heteroatoms. The molecule has 0 unspecified atom stereocenters. The summed E-state index contributed by atoms with van der Waals surface area (Å²) in [5, 5.41) is 3.40. The van der Waals surface area contributed by atoms with E-state index in [0.717, 1.165) is 39.3 Å². The summed E-state index contributed by atoms with van der Waals surface area (Å²) in [6.07, 6.45) is 1.14. The molecular weight excluding hydrogens is 140 g/mol. The monoisotopic (exact) mass is 156 g/mol. The molecule has 0 amide bonds. The molecule has 64 valence electrons. The maximum atomic E-state index is 5.78. The van der Waals surface area contributed by atoms with Gasteiger partial charge in [0.1, 0.15) is 0 Å². The van der Waals surface area contributed by atoms with E-state index in [1.807, 2.05) is 0 Å². The van der Waals surface area contributed by atoms with Gasteiger partial charge in [-0.2, -0.15) is 0 Å². The van der Waals surface area contributed by atoms with Crippen LogP contribution in [0.1, 0.15) is 6.42 Å². The summed E-state index contributed by atoms with van der Waals surface area (Å²) in [5.74, 6) is 0.668. The first-order valence-corrected chi connectivity index (χ1v) is 4.36. The minimum absolute atomic E-state index is 0.373. The van der Waals surface area contributed by atoms with Gasteiger partial charge in [0.25, 0.3) is 0 Å². The number of hydrogen-bond donors (Lipinski definition) is 2. The minimum Gasteiger partial charge on any atom is -0.381 e. The summed E-state index contributed by atoms with van der Waals surface area (Å²) in [5.41, 5.74) is 6.16. The average molecular weight is 156 g/mol. The number of fused-ring (bicyclic) bond motifs is 1. The fourth-order valence-electron chi connectivity index (χ4n) is 2.23. The third-order valence-corrected chi connectivity index (χ3v) is 3.20. The predicted octanol–water partition coefficient (Wildman–Crippen LogP) is -0.429. The highest BCUT2D eigenvalue weighted by molar-refractivity contribution is 4.97. The van der Waals surface area contributed by atoms with Crippen molar-refractivity contribution in [1.82, 2.24) is 5.32 Å². The minimum atomic E-state index is 0.373. The third-order valence-electron chi connectivity index (χ3n) is 3.20. The van der Waals surface area contributed by atoms with Crippen LogP contribution in [0.15, 0.2) is 0 Å². The van der Waals surface area contributed by atoms with E-state index in [-0.39, 0.29) is 0 Å². The van der Waals surface area contributed by atoms with Gasteiger partial charge in [0.05, 0.1) is 6.61 Å². The van der Waals surface area contributed by atoms with E-state index in [4.69, 9.17) is 10.5 Å². The lowest BCUT2D eigenvalue weighted by atomic mass is 9.75. The zero-order chi connectivity index (χ0) is 7.73. The van der Waals surface area contributed by atoms with Crippen LogP contribution in [-0.4, -0.2) is 32.8 Å². The van der Waals surface area contributed by atoms with Gasteiger partial charge in [-0.1, -0.05) is 0 Å². The molecule has 11 heavy (non-hydrogen) atoms. The summed E-state index contributed by atoms with van der Waals surface area (Å²) in [6.45, 7) is 4.81. The molecule has 2 aliphatic heterocycles. The first-order valence-electron chi connectivity index (χ1n) is 4.36. The van der Waals surface area contributed by atoms with Gasteiger partial charge in [-0.3, -0.25) is 0 Å². The highest BCUT2D eigenvalue weighted by Gasteiger charge is 2.43. The van der Waals surface area contributed by atoms with E-state index < -0.39 is 0 Å². The molecule has 2 rings (SSSR count). The molecular formula is C8H16N2O. The van der Waals surface area contributed by atoms with Crippen LogP contribution in [0.2, 0.25) is 0 Å². The number of nitrogens with one attached hydrogen (secondary N) is 1. The van der Waals surface area contributed by atoms with Crippen LogP contribution < -0.4 is 11.1 Å². The largest absolute Gasteiger partial charge is 0.381 e. The number of hydrogen-bond acceptors (Lipinski definition) is 3. The first-order chi connectivity index (χ1) is 5.37. The van der Waals surface area contributed by atoms with Crippen LogP contribution in [-0.2, 0) is 4.74 Å². The van der Waals surface area contributed by atoms with Crippen molar-refractivity contribution in [2.45, 2.75) is 6.42 Å². The molecule has 2 heterocycles. The van der Waals surface area contributed by atoms with Crippen molar-refractivity contribution in [2.75, 3.05) is 32.8 Å². The summed E-state index contributed by atoms with van der Waals surface area (Å²) < 4.78 is 5.41. The Kier molecular flexibility index (Phi) is 1.87. The third kappa shape index (κ3) is 1.08. The lowest BCUT2D eigenvalue weighted by Crippen LogP contribution is -2.44. The van der Waals surface area contributed by atoms with E-state index in [9.17, 15) is 0 Å². The highest BCUT2D eigenvalue weighted by atomic mass is 16.5. The Labute approximate surface area is 67.3 Å². The maximum Gasteiger partial charge on any atom is 0.0512 e. The SMILES string of the molecule is NC[C@@]12CCOC[C@@H]1CNC2. The average Bonchev–Trinajstić information content (AvgIpc) is 2.48. The van der Waals surface area contributed by atoms with Gasteiger partial charge in [-0.25, -0.2) is 0 Å². The summed E-state index contributed by atoms with van der Waals surface area (Å²) in [4.78, 5) is 0. The van der Waals surface area contributed by atoms with E-state index in [2.05, 4.69) is 5.32 Å². The Hall–Kier alpha value is -0.120. The number of rotatable bonds is 1. The molecule has 2 fully saturated rings. The Morgan fingerprint density at radius 2 is 2.55 bits per heavy atom. The predicted molar refractivity (Wildman–Crippen MR) is 43.3 cm³/mol. The standard InChI is InChI=1S/C8H16N2O/c9-5-8-1-2-11-4-7(8)3-10-6-8/h7,10H,1-6,9H2/t7-,8+/m0/s1. The summed E-state index contributed by atoms with van der Waals surface area (Å²) in [7, 11) is 0. The van der Waals surface area contributed by atoms with Crippen LogP contribution in [0.3, 0.4) is 0 Å². The lowest BCUT2D eigenvalue weighted by molar-refractivity contribution is -0.0102. The summed E-state index contributed by atoms with van der Waals surface area (Å²) in [6, 6.07) is 0. The van der Waals surface area contributed by atoms with Crippen molar-refractivity contribution in [3.05, 3.63) is 0 Å². The van der Waals surface area contributed by atoms with Crippen LogP contribution in [0, 0.1) is 11.3 Å². The Bertz CT molecular complexity index is 151. The highest BCUT2D eigenvalue weighted by Crippen LogP contribution is 2.37. The van der Waals surface area contributed by atoms with Gasteiger partial charge < -0.3 is 15.8 Å². The van der Waals surface area contributed by atoms with Crippen molar-refractivity contribution in [3.8, 4) is 0 Å². The first kappa shape index (κ1) is 7.53. The molecule has 2 atom stereocenters. The maximum absolute atomic E-state index is 5.78. The fraction of sp³-hybridized carbons (Fsp3) is 1.00. The molecule has 0 aliphatic carbocycles. The zero-order valence-electron chi connectivity index (χ0n) is 6.81. The fourth-order valence-corrected chi connectivity index (χ4v) is 2.23. The second kappa shape index (κ2) is 2.73. The molecule has 0 radical (unpaired) electrons. The van der Waals surface area contributed by atoms with E-state index in [1.165, 1.54) is 0 Å². The van der Waals surface area contributed by atoms with Crippen LogP contribution in [0.25, 0.3) is 0 Å². The molecule has 0 aromatic heterocycles. The van der Waals surface area contributed by atoms with Gasteiger partial charge in [0, 0.05) is 31.0 Å². The smallest absolute Gasteiger partial charge is 0.0512 e. The normalized spacial score (nSPS) is 43.9. The van der Waals surface area contributed by atoms with Crippen LogP contribution in [0.4, 0.5) is 0 Å². The second-order valence-electron chi connectivity index (χ2n) is 3.72. The van der Waals surface area contributed by atoms with Crippen molar-refractivity contribution in [3.63, 3.8) is 0 Å². The van der Waals surface area contributed by atoms with Gasteiger partial charge in [0.15, 0.2) is 0 Å². The number of nitrogens with two attached hydrogens (primary N) is 1. The van der Waals surface area contributed by atoms with Crippen molar-refractivity contribution in [2.24, 2.45) is 17.1 Å². The Balaban J connectivity index is 2.12. The van der Waals surface area contributed by atoms with Crippen molar-refractivity contribution < 1.29 is 4.74 Å². The van der Waals surface area contributed by atoms with Crippen LogP contribution in [0.5, 0.6) is 0 Å². The summed E-state index contributed by atoms with van der Waals surface area (Å²) >= 11 is 0. The Morgan fingerprint density at radius 3 is 3.27 bits per heavy atom. The molecule has 3 nitrogen and oxygen atoms in total. The van der Waals surface area contributed by atoms with Gasteiger partial charge in [-0.15, -0.1) is 0 Å². The van der Waals surface area contributed by atoms with E-state index in [1.54, 1.807) is 0 Å². The number of ether oxygens (including phenoxy) is 1. The second-order valence-corrected chi connectivity index (χ2v) is 3.72. The molecule has 2 aliphatic rings.